The molecule has 0 spiro atoms. The summed E-state index contributed by atoms with van der Waals surface area (Å²) in [7, 11) is -3.66. The first-order valence-electron chi connectivity index (χ1n) is 10.4. The summed E-state index contributed by atoms with van der Waals surface area (Å²) < 4.78 is 22.5. The molecule has 0 unspecified atom stereocenters. The molecule has 2 heterocycles. The second kappa shape index (κ2) is 10.8. The van der Waals surface area contributed by atoms with E-state index in [2.05, 4.69) is 47.1 Å². The Hall–Kier alpha value is -3.06. The first kappa shape index (κ1) is 22.6. The third kappa shape index (κ3) is 6.72. The molecule has 164 valence electrons. The minimum absolute atomic E-state index is 0.0393. The van der Waals surface area contributed by atoms with Gasteiger partial charge in [-0.2, -0.15) is 0 Å². The molecule has 0 fully saturated rings. The van der Waals surface area contributed by atoms with E-state index in [1.165, 1.54) is 60.3 Å². The quantitative estimate of drug-likeness (QED) is 0.657. The van der Waals surface area contributed by atoms with Crippen molar-refractivity contribution in [3.8, 4) is 0 Å². The van der Waals surface area contributed by atoms with Gasteiger partial charge >= 0.3 is 5.97 Å². The van der Waals surface area contributed by atoms with E-state index in [4.69, 9.17) is 5.11 Å². The van der Waals surface area contributed by atoms with Crippen molar-refractivity contribution >= 4 is 27.2 Å². The molecule has 2 aromatic rings. The number of rotatable bonds is 5. The fourth-order valence-corrected chi connectivity index (χ4v) is 4.49. The van der Waals surface area contributed by atoms with E-state index in [1.807, 2.05) is 0 Å². The summed E-state index contributed by atoms with van der Waals surface area (Å²) in [4.78, 5) is 10.2. The molecular weight excluding hydrogens is 412 g/mol. The Morgan fingerprint density at radius 3 is 1.68 bits per heavy atom. The summed E-state index contributed by atoms with van der Waals surface area (Å²) in [5, 5.41) is 15.3. The van der Waals surface area contributed by atoms with E-state index in [9.17, 15) is 13.2 Å². The Morgan fingerprint density at radius 1 is 0.806 bits per heavy atom. The normalized spacial score (nSPS) is 15.9. The van der Waals surface area contributed by atoms with Gasteiger partial charge < -0.3 is 15.7 Å². The van der Waals surface area contributed by atoms with E-state index in [0.717, 1.165) is 13.1 Å². The van der Waals surface area contributed by atoms with Crippen LogP contribution in [-0.4, -0.2) is 38.3 Å². The molecule has 4 rings (SSSR count). The maximum atomic E-state index is 11.3. The van der Waals surface area contributed by atoms with Crippen LogP contribution in [0.25, 0.3) is 11.4 Å². The van der Waals surface area contributed by atoms with Crippen LogP contribution in [0.1, 0.15) is 36.8 Å². The van der Waals surface area contributed by atoms with Crippen LogP contribution in [0.3, 0.4) is 0 Å². The number of allylic oxidation sites excluding steroid dienone is 2. The van der Waals surface area contributed by atoms with Crippen molar-refractivity contribution in [2.75, 3.05) is 18.8 Å². The van der Waals surface area contributed by atoms with Crippen LogP contribution in [0.2, 0.25) is 0 Å². The van der Waals surface area contributed by atoms with Crippen molar-refractivity contribution in [1.82, 2.24) is 10.6 Å². The van der Waals surface area contributed by atoms with Gasteiger partial charge in [-0.15, -0.1) is 0 Å². The topological polar surface area (TPSA) is 95.5 Å². The van der Waals surface area contributed by atoms with Crippen LogP contribution in [0, 0.1) is 0 Å². The Kier molecular flexibility index (Phi) is 7.89. The summed E-state index contributed by atoms with van der Waals surface area (Å²) in [6, 6.07) is 16.4. The number of carbonyl (C=O) groups is 1. The van der Waals surface area contributed by atoms with E-state index >= 15 is 0 Å². The second-order valence-corrected chi connectivity index (χ2v) is 9.41. The number of sulfone groups is 1. The van der Waals surface area contributed by atoms with Gasteiger partial charge in [0.2, 0.25) is 0 Å². The van der Waals surface area contributed by atoms with Gasteiger partial charge in [0.05, 0.1) is 4.90 Å². The van der Waals surface area contributed by atoms with Crippen molar-refractivity contribution in [2.24, 2.45) is 0 Å². The lowest BCUT2D eigenvalue weighted by atomic mass is 10.0. The average Bonchev–Trinajstić information content (AvgIpc) is 2.81. The number of benzene rings is 2. The van der Waals surface area contributed by atoms with E-state index in [-0.39, 0.29) is 4.90 Å². The van der Waals surface area contributed by atoms with E-state index in [1.54, 1.807) is 18.2 Å². The highest BCUT2D eigenvalue weighted by atomic mass is 32.2. The second-order valence-electron chi connectivity index (χ2n) is 7.42. The zero-order valence-corrected chi connectivity index (χ0v) is 18.2. The Labute approximate surface area is 183 Å². The van der Waals surface area contributed by atoms with Crippen molar-refractivity contribution < 1.29 is 18.3 Å². The Balaban J connectivity index is 0.000000187. The lowest BCUT2D eigenvalue weighted by Crippen LogP contribution is -2.18. The molecule has 0 radical (unpaired) electrons. The predicted molar refractivity (Wildman–Crippen MR) is 123 cm³/mol. The summed E-state index contributed by atoms with van der Waals surface area (Å²) in [6.07, 6.45) is 9.48. The molecule has 0 bridgehead atoms. The lowest BCUT2D eigenvalue weighted by Gasteiger charge is -2.18. The van der Waals surface area contributed by atoms with Gasteiger partial charge in [0.25, 0.3) is 0 Å². The molecule has 0 atom stereocenters. The number of nitrogens with one attached hydrogen (secondary N) is 2. The number of hydrogen-bond donors (Lipinski definition) is 3. The van der Waals surface area contributed by atoms with E-state index < -0.39 is 21.6 Å². The fraction of sp³-hybridized carbons (Fsp3) is 0.292. The molecule has 3 N–H and O–H groups in total. The molecule has 7 heteroatoms. The van der Waals surface area contributed by atoms with Gasteiger partial charge in [0, 0.05) is 24.5 Å². The third-order valence-electron chi connectivity index (χ3n) is 5.01. The van der Waals surface area contributed by atoms with Gasteiger partial charge in [0.1, 0.15) is 0 Å². The molecule has 0 saturated carbocycles. The highest BCUT2D eigenvalue weighted by Crippen LogP contribution is 2.21. The summed E-state index contributed by atoms with van der Waals surface area (Å²) in [5.41, 5.74) is 5.18. The predicted octanol–water partition coefficient (Wildman–Crippen LogP) is 3.68. The minimum Gasteiger partial charge on any atom is -0.480 e. The lowest BCUT2D eigenvalue weighted by molar-refractivity contribution is -0.134. The van der Waals surface area contributed by atoms with Crippen LogP contribution in [0.4, 0.5) is 0 Å². The summed E-state index contributed by atoms with van der Waals surface area (Å²) in [6.45, 7) is 2.20. The summed E-state index contributed by atoms with van der Waals surface area (Å²) >= 11 is 0. The van der Waals surface area contributed by atoms with Crippen LogP contribution >= 0.6 is 0 Å². The maximum Gasteiger partial charge on any atom is 0.319 e. The van der Waals surface area contributed by atoms with E-state index in [0.29, 0.717) is 0 Å². The molecule has 2 aliphatic heterocycles. The number of hydrogen-bond acceptors (Lipinski definition) is 5. The molecule has 0 amide bonds. The third-order valence-corrected chi connectivity index (χ3v) is 6.63. The molecule has 0 aromatic heterocycles. The van der Waals surface area contributed by atoms with Gasteiger partial charge in [-0.3, -0.25) is 4.79 Å². The largest absolute Gasteiger partial charge is 0.480 e. The molecular formula is C24H28N2O4S. The SMILES string of the molecule is C1=C(c2ccc(C3=CCCCN3)cc2)NCCC1.O=C(O)CS(=O)(=O)c1ccccc1. The zero-order valence-electron chi connectivity index (χ0n) is 17.4. The molecule has 31 heavy (non-hydrogen) atoms. The standard InChI is InChI=1S/C16H20N2.C8H8O4S/c1-3-11-17-15(5-1)13-7-9-14(10-8-13)16-6-2-4-12-18-16;9-8(10)6-13(11,12)7-4-2-1-3-5-7/h5-10,17-18H,1-4,11-12H2;1-5H,6H2,(H,9,10). The number of carboxylic acids is 1. The van der Waals surface area contributed by atoms with Gasteiger partial charge in [0.15, 0.2) is 15.6 Å². The van der Waals surface area contributed by atoms with Crippen LogP contribution in [-0.2, 0) is 14.6 Å². The van der Waals surface area contributed by atoms with Crippen molar-refractivity contribution in [2.45, 2.75) is 30.6 Å². The van der Waals surface area contributed by atoms with Gasteiger partial charge in [-0.05, 0) is 48.9 Å². The molecule has 0 aliphatic carbocycles. The highest BCUT2D eigenvalue weighted by Gasteiger charge is 2.17. The number of aliphatic carboxylic acids is 1. The summed E-state index contributed by atoms with van der Waals surface area (Å²) in [5.74, 6) is -2.21. The Morgan fingerprint density at radius 2 is 1.29 bits per heavy atom. The first-order valence-corrected chi connectivity index (χ1v) is 12.1. The number of carboxylic acid groups (broad SMARTS) is 1. The van der Waals surface area contributed by atoms with Crippen LogP contribution in [0.5, 0.6) is 0 Å². The molecule has 6 nitrogen and oxygen atoms in total. The zero-order chi connectivity index (χ0) is 22.1. The van der Waals surface area contributed by atoms with Crippen LogP contribution in [0.15, 0.2) is 71.6 Å². The van der Waals surface area contributed by atoms with Crippen molar-refractivity contribution in [3.05, 3.63) is 77.9 Å². The Bertz CT molecular complexity index is 998. The fourth-order valence-electron chi connectivity index (χ4n) is 3.43. The molecule has 2 aliphatic rings. The van der Waals surface area contributed by atoms with Gasteiger partial charge in [-0.25, -0.2) is 8.42 Å². The van der Waals surface area contributed by atoms with Crippen LogP contribution < -0.4 is 10.6 Å². The average molecular weight is 441 g/mol. The molecule has 0 saturated heterocycles. The van der Waals surface area contributed by atoms with Crippen molar-refractivity contribution in [3.63, 3.8) is 0 Å². The molecule has 2 aromatic carbocycles. The monoisotopic (exact) mass is 440 g/mol. The smallest absolute Gasteiger partial charge is 0.319 e. The first-order chi connectivity index (χ1) is 15.0. The van der Waals surface area contributed by atoms with Gasteiger partial charge in [-0.1, -0.05) is 54.6 Å². The maximum absolute atomic E-state index is 11.3. The highest BCUT2D eigenvalue weighted by molar-refractivity contribution is 7.92. The van der Waals surface area contributed by atoms with Crippen molar-refractivity contribution in [1.29, 1.82) is 0 Å². The minimum atomic E-state index is -3.66.